The molecule has 0 saturated carbocycles. The zero-order valence-electron chi connectivity index (χ0n) is 15.7. The molecule has 1 heterocycles. The molecule has 1 saturated heterocycles. The molecule has 7 heteroatoms. The molecular weight excluding hydrogens is 362 g/mol. The van der Waals surface area contributed by atoms with Crippen LogP contribution in [0.25, 0.3) is 0 Å². The van der Waals surface area contributed by atoms with Gasteiger partial charge in [-0.15, -0.1) is 0 Å². The lowest BCUT2D eigenvalue weighted by molar-refractivity contribution is 0.256. The van der Waals surface area contributed by atoms with E-state index in [1.54, 1.807) is 6.08 Å². The second kappa shape index (κ2) is 6.95. The van der Waals surface area contributed by atoms with E-state index >= 15 is 0 Å². The fraction of sp³-hybridized carbons (Fsp3) is 0.550. The molecule has 0 radical (unpaired) electrons. The van der Waals surface area contributed by atoms with Gasteiger partial charge in [-0.2, -0.15) is 0 Å². The third kappa shape index (κ3) is 3.89. The molecule has 1 aliphatic heterocycles. The molecule has 4 rings (SSSR count). The number of aryl methyl sites for hydroxylation is 1. The van der Waals surface area contributed by atoms with E-state index in [0.29, 0.717) is 0 Å². The minimum atomic E-state index is -3.83. The summed E-state index contributed by atoms with van der Waals surface area (Å²) in [5, 5.41) is 7.15. The number of sulfonamides is 1. The van der Waals surface area contributed by atoms with Crippen LogP contribution in [-0.4, -0.2) is 26.5 Å². The van der Waals surface area contributed by atoms with Gasteiger partial charge in [-0.05, 0) is 93.2 Å². The van der Waals surface area contributed by atoms with Gasteiger partial charge in [0.05, 0.1) is 0 Å². The normalized spacial score (nSPS) is 24.2. The maximum absolute atomic E-state index is 12.4. The predicted octanol–water partition coefficient (Wildman–Crippen LogP) is 2.77. The lowest BCUT2D eigenvalue weighted by Gasteiger charge is -2.19. The van der Waals surface area contributed by atoms with Crippen molar-refractivity contribution in [2.24, 2.45) is 0 Å². The van der Waals surface area contributed by atoms with E-state index in [1.165, 1.54) is 22.3 Å². The Hall–Kier alpha value is -1.86. The monoisotopic (exact) mass is 389 g/mol. The molecule has 0 aromatic heterocycles. The van der Waals surface area contributed by atoms with E-state index in [0.717, 1.165) is 69.0 Å². The quantitative estimate of drug-likeness (QED) is 0.739. The van der Waals surface area contributed by atoms with Crippen LogP contribution in [-0.2, 0) is 35.7 Å². The summed E-state index contributed by atoms with van der Waals surface area (Å²) in [6.45, 7) is 2.83. The molecule has 1 aromatic carbocycles. The molecule has 1 atom stereocenters. The van der Waals surface area contributed by atoms with Gasteiger partial charge in [0.15, 0.2) is 0 Å². The Bertz CT molecular complexity index is 900. The van der Waals surface area contributed by atoms with Crippen molar-refractivity contribution in [1.29, 1.82) is 0 Å². The number of hydrogen-bond acceptors (Lipinski definition) is 4. The minimum absolute atomic E-state index is 0.327. The van der Waals surface area contributed by atoms with Crippen LogP contribution in [0.3, 0.4) is 0 Å². The summed E-state index contributed by atoms with van der Waals surface area (Å²) in [6, 6.07) is 1.34. The van der Waals surface area contributed by atoms with Gasteiger partial charge in [0.25, 0.3) is 10.0 Å². The number of benzene rings is 1. The van der Waals surface area contributed by atoms with E-state index in [1.807, 2.05) is 13.0 Å². The smallest absolute Gasteiger partial charge is 0.308 e. The number of amides is 2. The Morgan fingerprint density at radius 1 is 1.11 bits per heavy atom. The van der Waals surface area contributed by atoms with Crippen LogP contribution < -0.4 is 15.4 Å². The first-order valence-corrected chi connectivity index (χ1v) is 11.3. The number of rotatable bonds is 4. The van der Waals surface area contributed by atoms with Crippen LogP contribution in [0, 0.1) is 0 Å². The highest BCUT2D eigenvalue weighted by Crippen LogP contribution is 2.38. The van der Waals surface area contributed by atoms with Gasteiger partial charge in [-0.25, -0.2) is 17.9 Å². The fourth-order valence-electron chi connectivity index (χ4n) is 4.63. The largest absolute Gasteiger partial charge is 0.333 e. The van der Waals surface area contributed by atoms with E-state index < -0.39 is 16.1 Å². The highest BCUT2D eigenvalue weighted by molar-refractivity contribution is 7.92. The standard InChI is InChI=1S/C20H27N3O3S/c1-20(9-4-11-21-20)10-12-27(25,26)23-19(24)22-18-13-14-5-2-6-15(14)16-7-3-8-17(16)18/h10,12-13,21H,2-9,11H2,1H3,(H2,22,23,24). The van der Waals surface area contributed by atoms with Gasteiger partial charge in [-0.3, -0.25) is 0 Å². The average molecular weight is 390 g/mol. The predicted molar refractivity (Wildman–Crippen MR) is 106 cm³/mol. The van der Waals surface area contributed by atoms with Gasteiger partial charge in [0.1, 0.15) is 0 Å². The second-order valence-corrected chi connectivity index (χ2v) is 9.64. The van der Waals surface area contributed by atoms with Crippen LogP contribution in [0.4, 0.5) is 10.5 Å². The van der Waals surface area contributed by atoms with E-state index in [4.69, 9.17) is 0 Å². The molecule has 2 aliphatic carbocycles. The molecule has 0 spiro atoms. The molecule has 1 fully saturated rings. The van der Waals surface area contributed by atoms with Gasteiger partial charge in [0.2, 0.25) is 0 Å². The summed E-state index contributed by atoms with van der Waals surface area (Å²) in [5.74, 6) is 0. The Morgan fingerprint density at radius 3 is 2.63 bits per heavy atom. The van der Waals surface area contributed by atoms with Crippen molar-refractivity contribution in [3.63, 3.8) is 0 Å². The van der Waals surface area contributed by atoms with Gasteiger partial charge in [0, 0.05) is 16.6 Å². The molecule has 27 heavy (non-hydrogen) atoms. The van der Waals surface area contributed by atoms with E-state index in [9.17, 15) is 13.2 Å². The first kappa shape index (κ1) is 18.5. The van der Waals surface area contributed by atoms with Crippen molar-refractivity contribution in [2.75, 3.05) is 11.9 Å². The maximum atomic E-state index is 12.4. The summed E-state index contributed by atoms with van der Waals surface area (Å²) in [7, 11) is -3.83. The molecule has 146 valence electrons. The van der Waals surface area contributed by atoms with Crippen LogP contribution >= 0.6 is 0 Å². The van der Waals surface area contributed by atoms with Crippen LogP contribution in [0.15, 0.2) is 17.6 Å². The third-order valence-corrected chi connectivity index (χ3v) is 6.95. The fourth-order valence-corrected chi connectivity index (χ4v) is 5.49. The van der Waals surface area contributed by atoms with Crippen molar-refractivity contribution in [3.05, 3.63) is 39.8 Å². The Balaban J connectivity index is 1.47. The first-order chi connectivity index (χ1) is 12.9. The summed E-state index contributed by atoms with van der Waals surface area (Å²) in [4.78, 5) is 12.4. The zero-order chi connectivity index (χ0) is 19.1. The molecule has 3 N–H and O–H groups in total. The van der Waals surface area contributed by atoms with E-state index in [2.05, 4.69) is 15.4 Å². The number of carbonyl (C=O) groups excluding carboxylic acids is 1. The summed E-state index contributed by atoms with van der Waals surface area (Å²) < 4.78 is 26.6. The number of carbonyl (C=O) groups is 1. The first-order valence-electron chi connectivity index (χ1n) is 9.80. The molecular formula is C20H27N3O3S. The van der Waals surface area contributed by atoms with Gasteiger partial charge >= 0.3 is 6.03 Å². The molecule has 6 nitrogen and oxygen atoms in total. The number of hydrogen-bond donors (Lipinski definition) is 3. The second-order valence-electron chi connectivity index (χ2n) is 8.08. The van der Waals surface area contributed by atoms with Crippen molar-refractivity contribution in [1.82, 2.24) is 10.0 Å². The van der Waals surface area contributed by atoms with Crippen LogP contribution in [0.5, 0.6) is 0 Å². The molecule has 3 aliphatic rings. The van der Waals surface area contributed by atoms with E-state index in [-0.39, 0.29) is 5.54 Å². The summed E-state index contributed by atoms with van der Waals surface area (Å²) >= 11 is 0. The molecule has 1 unspecified atom stereocenters. The lowest BCUT2D eigenvalue weighted by atomic mass is 9.98. The molecule has 1 aromatic rings. The van der Waals surface area contributed by atoms with Crippen molar-refractivity contribution < 1.29 is 13.2 Å². The zero-order valence-corrected chi connectivity index (χ0v) is 16.5. The Labute approximate surface area is 160 Å². The summed E-state index contributed by atoms with van der Waals surface area (Å²) in [5.41, 5.74) is 5.76. The highest BCUT2D eigenvalue weighted by atomic mass is 32.2. The van der Waals surface area contributed by atoms with Crippen LogP contribution in [0.2, 0.25) is 0 Å². The van der Waals surface area contributed by atoms with Gasteiger partial charge in [-0.1, -0.05) is 6.08 Å². The number of anilines is 1. The van der Waals surface area contributed by atoms with Crippen molar-refractivity contribution in [3.8, 4) is 0 Å². The SMILES string of the molecule is CC1(C=CS(=O)(=O)NC(=O)Nc2cc3c(c4c2CCC4)CCC3)CCCN1. The minimum Gasteiger partial charge on any atom is -0.308 e. The Kier molecular flexibility index (Phi) is 4.76. The average Bonchev–Trinajstić information content (AvgIpc) is 3.32. The van der Waals surface area contributed by atoms with Crippen molar-refractivity contribution >= 4 is 21.7 Å². The molecule has 0 bridgehead atoms. The van der Waals surface area contributed by atoms with Crippen LogP contribution in [0.1, 0.15) is 54.9 Å². The maximum Gasteiger partial charge on any atom is 0.333 e. The summed E-state index contributed by atoms with van der Waals surface area (Å²) in [6.07, 6.45) is 9.92. The highest BCUT2D eigenvalue weighted by Gasteiger charge is 2.27. The van der Waals surface area contributed by atoms with Gasteiger partial charge < -0.3 is 10.6 Å². The number of fused-ring (bicyclic) bond motifs is 3. The lowest BCUT2D eigenvalue weighted by Crippen LogP contribution is -2.36. The number of nitrogens with one attached hydrogen (secondary N) is 3. The van der Waals surface area contributed by atoms with Crippen molar-refractivity contribution in [2.45, 2.75) is 63.8 Å². The number of urea groups is 1. The molecule has 2 amide bonds. The third-order valence-electron chi connectivity index (χ3n) is 5.99. The Morgan fingerprint density at radius 2 is 1.85 bits per heavy atom. The topological polar surface area (TPSA) is 87.3 Å².